The summed E-state index contributed by atoms with van der Waals surface area (Å²) in [6.45, 7) is 5.71. The molecule has 6 rings (SSSR count). The Hall–Kier alpha value is -2.16. The number of hydrogen-bond donors (Lipinski definition) is 1. The summed E-state index contributed by atoms with van der Waals surface area (Å²) in [6, 6.07) is 7.11. The lowest BCUT2D eigenvalue weighted by Crippen LogP contribution is -2.54. The van der Waals surface area contributed by atoms with Crippen LogP contribution in [0, 0.1) is 11.8 Å². The summed E-state index contributed by atoms with van der Waals surface area (Å²) in [4.78, 5) is 6.52. The molecule has 2 bridgehead atoms. The van der Waals surface area contributed by atoms with Crippen molar-refractivity contribution < 1.29 is 21.9 Å². The molecule has 4 aliphatic rings. The molecule has 0 amide bonds. The van der Waals surface area contributed by atoms with Crippen molar-refractivity contribution in [3.8, 4) is 11.6 Å². The van der Waals surface area contributed by atoms with Gasteiger partial charge in [-0.05, 0) is 37.3 Å². The molecule has 4 aliphatic heterocycles. The summed E-state index contributed by atoms with van der Waals surface area (Å²) >= 11 is 0. The average molecular weight is 388 g/mol. The number of piperidine rings is 3. The Bertz CT molecular complexity index is 1040. The second kappa shape index (κ2) is 5.92. The lowest BCUT2D eigenvalue weighted by molar-refractivity contribution is -0.0448. The van der Waals surface area contributed by atoms with E-state index in [4.69, 9.17) is 8.37 Å². The molecule has 1 unspecified atom stereocenters. The van der Waals surface area contributed by atoms with Gasteiger partial charge in [0, 0.05) is 23.5 Å². The molecule has 3 fully saturated rings. The summed E-state index contributed by atoms with van der Waals surface area (Å²) < 4.78 is 33.6. The van der Waals surface area contributed by atoms with Gasteiger partial charge in [-0.3, -0.25) is 4.90 Å². The number of rotatable bonds is 3. The molecule has 5 atom stereocenters. The van der Waals surface area contributed by atoms with E-state index in [-0.39, 0.29) is 17.7 Å². The fourth-order valence-corrected chi connectivity index (χ4v) is 5.45. The minimum Gasteiger partial charge on any atom is -0.387 e. The van der Waals surface area contributed by atoms with Crippen molar-refractivity contribution in [1.82, 2.24) is 9.88 Å². The highest BCUT2D eigenvalue weighted by molar-refractivity contribution is 7.82. The van der Waals surface area contributed by atoms with E-state index < -0.39 is 16.5 Å². The second-order valence-electron chi connectivity index (χ2n) is 7.44. The van der Waals surface area contributed by atoms with Gasteiger partial charge in [0.05, 0.1) is 11.6 Å². The van der Waals surface area contributed by atoms with Crippen LogP contribution in [0.25, 0.3) is 10.9 Å². The molecule has 8 heteroatoms. The third-order valence-corrected chi connectivity index (χ3v) is 6.77. The summed E-state index contributed by atoms with van der Waals surface area (Å²) in [6.07, 6.45) is 3.01. The van der Waals surface area contributed by atoms with Gasteiger partial charge in [0.15, 0.2) is 0 Å². The number of aliphatic hydroxyl groups excluding tert-OH is 1. The predicted molar refractivity (Wildman–Crippen MR) is 98.7 cm³/mol. The minimum absolute atomic E-state index is 0.00381. The van der Waals surface area contributed by atoms with Crippen molar-refractivity contribution in [2.45, 2.75) is 25.0 Å². The van der Waals surface area contributed by atoms with Crippen LogP contribution in [0.2, 0.25) is 0 Å². The molecule has 27 heavy (non-hydrogen) atoms. The Morgan fingerprint density at radius 3 is 2.89 bits per heavy atom. The van der Waals surface area contributed by atoms with Gasteiger partial charge >= 0.3 is 10.4 Å². The number of nitrogens with zero attached hydrogens (tertiary/aromatic N) is 2. The van der Waals surface area contributed by atoms with Gasteiger partial charge < -0.3 is 13.5 Å². The van der Waals surface area contributed by atoms with Crippen molar-refractivity contribution in [2.75, 3.05) is 13.1 Å². The zero-order chi connectivity index (χ0) is 18.8. The maximum absolute atomic E-state index is 11.8. The number of hydrogen-bond acceptors (Lipinski definition) is 7. The van der Waals surface area contributed by atoms with Gasteiger partial charge in [0.1, 0.15) is 0 Å². The van der Waals surface area contributed by atoms with Gasteiger partial charge in [-0.25, -0.2) is 4.98 Å². The van der Waals surface area contributed by atoms with Gasteiger partial charge in [-0.1, -0.05) is 24.3 Å². The molecule has 0 radical (unpaired) electrons. The predicted octanol–water partition coefficient (Wildman–Crippen LogP) is 2.18. The maximum Gasteiger partial charge on any atom is 0.502 e. The van der Waals surface area contributed by atoms with Crippen LogP contribution in [0.4, 0.5) is 0 Å². The minimum atomic E-state index is -4.19. The van der Waals surface area contributed by atoms with Crippen LogP contribution < -0.4 is 8.37 Å². The van der Waals surface area contributed by atoms with Crippen LogP contribution in [-0.4, -0.2) is 42.5 Å². The molecule has 0 aliphatic carbocycles. The number of pyridine rings is 1. The zero-order valence-electron chi connectivity index (χ0n) is 14.6. The van der Waals surface area contributed by atoms with Crippen molar-refractivity contribution in [3.63, 3.8) is 0 Å². The van der Waals surface area contributed by atoms with Gasteiger partial charge in [-0.15, -0.1) is 15.0 Å². The molecule has 1 N–H and O–H groups in total. The van der Waals surface area contributed by atoms with E-state index in [1.54, 1.807) is 6.07 Å². The molecular formula is C19H20N2O5S. The Balaban J connectivity index is 1.62. The molecule has 142 valence electrons. The smallest absolute Gasteiger partial charge is 0.387 e. The first-order valence-electron chi connectivity index (χ1n) is 9.08. The third-order valence-electron chi connectivity index (χ3n) is 6.04. The topological polar surface area (TPSA) is 89.0 Å². The van der Waals surface area contributed by atoms with Crippen molar-refractivity contribution in [2.24, 2.45) is 11.8 Å². The standard InChI is InChI=1S/C19H20N2O5S/c1-2-11-10-21-8-7-12(11)9-15(21)17(22)16-13-5-3-4-6-14(13)20-19-18(16)25-27(23,24)26-19/h2-6,11-12,15,17,22H,1,7-10H2/t11-,12+,15+,17+/m1/s1. The van der Waals surface area contributed by atoms with Crippen molar-refractivity contribution in [3.05, 3.63) is 42.5 Å². The number of fused-ring (bicyclic) bond motifs is 5. The zero-order valence-corrected chi connectivity index (χ0v) is 15.4. The Morgan fingerprint density at radius 1 is 1.33 bits per heavy atom. The fourth-order valence-electron chi connectivity index (χ4n) is 4.74. The lowest BCUT2D eigenvalue weighted by atomic mass is 9.73. The highest BCUT2D eigenvalue weighted by atomic mass is 32.3. The SMILES string of the molecule is C=C[C@@H]1CN2CC[C@H]1C[C@H]2[C@H](O)c1c2c(nc3ccccc13)OS(=O)(=O)O2. The molecule has 3 saturated heterocycles. The molecule has 2 aromatic rings. The normalized spacial score (nSPS) is 31.7. The van der Waals surface area contributed by atoms with Crippen molar-refractivity contribution in [1.29, 1.82) is 0 Å². The number of aromatic nitrogens is 1. The van der Waals surface area contributed by atoms with E-state index in [0.717, 1.165) is 25.9 Å². The van der Waals surface area contributed by atoms with E-state index in [9.17, 15) is 13.5 Å². The van der Waals surface area contributed by atoms with E-state index in [0.29, 0.717) is 28.3 Å². The quantitative estimate of drug-likeness (QED) is 0.806. The molecule has 0 spiro atoms. The first kappa shape index (κ1) is 17.0. The number of para-hydroxylation sites is 1. The Labute approximate surface area is 157 Å². The summed E-state index contributed by atoms with van der Waals surface area (Å²) in [5, 5.41) is 12.0. The monoisotopic (exact) mass is 388 g/mol. The lowest BCUT2D eigenvalue weighted by Gasteiger charge is -2.50. The van der Waals surface area contributed by atoms with E-state index in [1.807, 2.05) is 24.3 Å². The first-order chi connectivity index (χ1) is 13.0. The highest BCUT2D eigenvalue weighted by Crippen LogP contribution is 2.48. The first-order valence-corrected chi connectivity index (χ1v) is 10.4. The molecule has 1 aromatic heterocycles. The van der Waals surface area contributed by atoms with Crippen LogP contribution in [0.1, 0.15) is 24.5 Å². The maximum atomic E-state index is 11.8. The average Bonchev–Trinajstić information content (AvgIpc) is 2.98. The van der Waals surface area contributed by atoms with E-state index in [2.05, 4.69) is 16.5 Å². The van der Waals surface area contributed by atoms with Crippen LogP contribution in [0.3, 0.4) is 0 Å². The fraction of sp³-hybridized carbons (Fsp3) is 0.421. The van der Waals surface area contributed by atoms with Crippen LogP contribution in [0.5, 0.6) is 11.6 Å². The third kappa shape index (κ3) is 2.62. The van der Waals surface area contributed by atoms with Crippen LogP contribution in [-0.2, 0) is 10.4 Å². The molecule has 7 nitrogen and oxygen atoms in total. The second-order valence-corrected chi connectivity index (χ2v) is 8.59. The molecular weight excluding hydrogens is 368 g/mol. The number of aliphatic hydroxyl groups is 1. The van der Waals surface area contributed by atoms with E-state index in [1.165, 1.54) is 0 Å². The molecule has 1 aromatic carbocycles. The largest absolute Gasteiger partial charge is 0.502 e. The van der Waals surface area contributed by atoms with E-state index >= 15 is 0 Å². The van der Waals surface area contributed by atoms with Gasteiger partial charge in [0.25, 0.3) is 5.88 Å². The summed E-state index contributed by atoms with van der Waals surface area (Å²) in [5.41, 5.74) is 0.996. The van der Waals surface area contributed by atoms with Gasteiger partial charge in [-0.2, -0.15) is 0 Å². The van der Waals surface area contributed by atoms with Crippen molar-refractivity contribution >= 4 is 21.3 Å². The van der Waals surface area contributed by atoms with Crippen LogP contribution in [0.15, 0.2) is 36.9 Å². The summed E-state index contributed by atoms with van der Waals surface area (Å²) in [5.74, 6) is 0.808. The number of benzene rings is 1. The Morgan fingerprint density at radius 2 is 2.15 bits per heavy atom. The highest BCUT2D eigenvalue weighted by Gasteiger charge is 2.45. The molecule has 5 heterocycles. The Kier molecular flexibility index (Phi) is 3.72. The summed E-state index contributed by atoms with van der Waals surface area (Å²) in [7, 11) is -4.19. The van der Waals surface area contributed by atoms with Crippen LogP contribution >= 0.6 is 0 Å². The van der Waals surface area contributed by atoms with Gasteiger partial charge in [0.2, 0.25) is 5.75 Å². The molecule has 0 saturated carbocycles.